The number of nitrogens with zero attached hydrogens (tertiary/aromatic N) is 1. The van der Waals surface area contributed by atoms with Crippen LogP contribution in [-0.4, -0.2) is 66.9 Å². The number of alkyl halides is 3. The number of carbonyl (C=O) groups is 1. The molecule has 2 aromatic rings. The minimum Gasteiger partial charge on any atom is -0.379 e. The number of morpholine rings is 1. The predicted octanol–water partition coefficient (Wildman–Crippen LogP) is 4.50. The van der Waals surface area contributed by atoms with Crippen molar-refractivity contribution in [2.75, 3.05) is 26.3 Å². The van der Waals surface area contributed by atoms with Gasteiger partial charge in [0, 0.05) is 37.6 Å². The molecule has 8 nitrogen and oxygen atoms in total. The van der Waals surface area contributed by atoms with E-state index in [9.17, 15) is 26.7 Å². The number of hydrogen-bond donors (Lipinski definition) is 1. The molecule has 1 unspecified atom stereocenters. The number of hydrogen-bond acceptors (Lipinski definition) is 7. The summed E-state index contributed by atoms with van der Waals surface area (Å²) in [6.45, 7) is 4.53. The number of halogens is 5. The van der Waals surface area contributed by atoms with Crippen LogP contribution in [0.3, 0.4) is 0 Å². The molecular weight excluding hydrogens is 567 g/mol. The lowest BCUT2D eigenvalue weighted by Gasteiger charge is -2.44. The quantitative estimate of drug-likeness (QED) is 0.447. The number of rotatable bonds is 8. The summed E-state index contributed by atoms with van der Waals surface area (Å²) in [7, 11) is 0. The molecule has 2 heterocycles. The Bertz CT molecular complexity index is 1270. The van der Waals surface area contributed by atoms with Gasteiger partial charge in [0.2, 0.25) is 0 Å². The number of amides is 1. The molecule has 0 radical (unpaired) electrons. The van der Waals surface area contributed by atoms with Crippen LogP contribution in [0.4, 0.5) is 22.0 Å². The molecule has 42 heavy (non-hydrogen) atoms. The zero-order chi connectivity index (χ0) is 30.1. The van der Waals surface area contributed by atoms with E-state index in [1.54, 1.807) is 18.9 Å². The molecule has 230 valence electrons. The second kappa shape index (κ2) is 12.1. The molecule has 1 saturated carbocycles. The molecule has 3 aliphatic rings. The Balaban J connectivity index is 1.43. The summed E-state index contributed by atoms with van der Waals surface area (Å²) in [5, 5.41) is 1.69. The minimum absolute atomic E-state index is 0.0288. The van der Waals surface area contributed by atoms with Crippen LogP contribution in [0.2, 0.25) is 0 Å². The third-order valence-corrected chi connectivity index (χ3v) is 7.57. The van der Waals surface area contributed by atoms with Gasteiger partial charge in [-0.2, -0.15) is 13.2 Å². The largest absolute Gasteiger partial charge is 0.416 e. The van der Waals surface area contributed by atoms with Crippen molar-refractivity contribution in [3.8, 4) is 0 Å². The highest BCUT2D eigenvalue weighted by Crippen LogP contribution is 2.44. The fourth-order valence-electron chi connectivity index (χ4n) is 5.52. The van der Waals surface area contributed by atoms with E-state index in [2.05, 4.69) is 5.43 Å². The van der Waals surface area contributed by atoms with Gasteiger partial charge in [0.05, 0.1) is 44.2 Å². The maximum absolute atomic E-state index is 14.4. The molecule has 13 heteroatoms. The van der Waals surface area contributed by atoms with E-state index in [0.717, 1.165) is 24.3 Å². The van der Waals surface area contributed by atoms with Crippen LogP contribution in [0.1, 0.15) is 43.4 Å². The molecule has 3 fully saturated rings. The number of hydrazine groups is 1. The van der Waals surface area contributed by atoms with Gasteiger partial charge in [0.25, 0.3) is 5.91 Å². The predicted molar refractivity (Wildman–Crippen MR) is 137 cm³/mol. The Morgan fingerprint density at radius 2 is 1.81 bits per heavy atom. The Labute approximate surface area is 240 Å². The van der Waals surface area contributed by atoms with Crippen molar-refractivity contribution < 1.29 is 50.4 Å². The fourth-order valence-corrected chi connectivity index (χ4v) is 5.52. The van der Waals surface area contributed by atoms with Gasteiger partial charge in [-0.3, -0.25) is 10.2 Å². The summed E-state index contributed by atoms with van der Waals surface area (Å²) < 4.78 is 97.8. The van der Waals surface area contributed by atoms with Crippen molar-refractivity contribution in [1.82, 2.24) is 10.4 Å². The van der Waals surface area contributed by atoms with E-state index >= 15 is 0 Å². The van der Waals surface area contributed by atoms with Crippen LogP contribution >= 0.6 is 0 Å². The summed E-state index contributed by atoms with van der Waals surface area (Å²) in [4.78, 5) is 13.9. The van der Waals surface area contributed by atoms with Crippen LogP contribution in [0.25, 0.3) is 0 Å². The van der Waals surface area contributed by atoms with Crippen LogP contribution < -0.4 is 5.43 Å². The summed E-state index contributed by atoms with van der Waals surface area (Å²) >= 11 is 0. The van der Waals surface area contributed by atoms with E-state index in [0.29, 0.717) is 26.3 Å². The van der Waals surface area contributed by atoms with Crippen molar-refractivity contribution in [3.63, 3.8) is 0 Å². The average molecular weight is 601 g/mol. The molecule has 2 aromatic carbocycles. The fraction of sp³-hybridized carbons (Fsp3) is 0.552. The summed E-state index contributed by atoms with van der Waals surface area (Å²) in [6.07, 6.45) is -6.76. The van der Waals surface area contributed by atoms with Gasteiger partial charge < -0.3 is 23.7 Å². The van der Waals surface area contributed by atoms with E-state index in [4.69, 9.17) is 23.7 Å². The normalized spacial score (nSPS) is 27.9. The Kier molecular flexibility index (Phi) is 8.89. The zero-order valence-corrected chi connectivity index (χ0v) is 23.2. The molecule has 5 rings (SSSR count). The lowest BCUT2D eigenvalue weighted by Crippen LogP contribution is -2.63. The maximum Gasteiger partial charge on any atom is 0.416 e. The van der Waals surface area contributed by atoms with Crippen LogP contribution in [0, 0.1) is 11.6 Å². The van der Waals surface area contributed by atoms with Gasteiger partial charge in [-0.15, -0.1) is 0 Å². The molecule has 0 aromatic heterocycles. The van der Waals surface area contributed by atoms with Crippen molar-refractivity contribution in [3.05, 3.63) is 70.8 Å². The summed E-state index contributed by atoms with van der Waals surface area (Å²) in [5.41, 5.74) is 0.747. The number of nitrogens with one attached hydrogen (secondary N) is 1. The molecule has 1 N–H and O–H groups in total. The standard InChI is InChI=1S/C29H33F5N2O6/c1-27(2)41-24-15-28(26(37)35-36-8-10-38-11-9-36,40-16-18-4-3-5-20(12-18)29(32,33)34)14-23(25(24)42-27)39-17-19-6-7-21(30)13-22(19)31/h3-7,12-13,23-25H,8-11,14-17H2,1-2H3,(H,35,37)/t23?,24-,25+,28-/m1/s1. The maximum atomic E-state index is 14.4. The van der Waals surface area contributed by atoms with Gasteiger partial charge in [-0.25, -0.2) is 13.8 Å². The number of carbonyl (C=O) groups excluding carboxylic acids is 1. The molecule has 1 aliphatic carbocycles. The van der Waals surface area contributed by atoms with Gasteiger partial charge >= 0.3 is 6.18 Å². The Morgan fingerprint density at radius 1 is 1.05 bits per heavy atom. The highest BCUT2D eigenvalue weighted by molar-refractivity contribution is 5.85. The highest BCUT2D eigenvalue weighted by atomic mass is 19.4. The molecular formula is C29H33F5N2O6. The smallest absolute Gasteiger partial charge is 0.379 e. The first-order valence-corrected chi connectivity index (χ1v) is 13.7. The van der Waals surface area contributed by atoms with Gasteiger partial charge in [-0.1, -0.05) is 18.2 Å². The van der Waals surface area contributed by atoms with Crippen LogP contribution in [-0.2, 0) is 47.9 Å². The number of ether oxygens (including phenoxy) is 5. The first kappa shape index (κ1) is 30.8. The topological polar surface area (TPSA) is 78.5 Å². The average Bonchev–Trinajstić information content (AvgIpc) is 3.25. The zero-order valence-electron chi connectivity index (χ0n) is 23.2. The third kappa shape index (κ3) is 7.09. The van der Waals surface area contributed by atoms with Crippen molar-refractivity contribution in [2.45, 2.75) is 75.8 Å². The van der Waals surface area contributed by atoms with E-state index in [-0.39, 0.29) is 37.2 Å². The SMILES string of the molecule is CC1(C)O[C@@H]2C[C@@](OCc3cccc(C(F)(F)F)c3)(C(=O)NN3CCOCC3)CC(OCc3ccc(F)cc3F)[C@@H]2O1. The van der Waals surface area contributed by atoms with Crippen molar-refractivity contribution in [1.29, 1.82) is 0 Å². The number of fused-ring (bicyclic) bond motifs is 1. The molecule has 2 aliphatic heterocycles. The van der Waals surface area contributed by atoms with Gasteiger partial charge in [0.1, 0.15) is 17.7 Å². The van der Waals surface area contributed by atoms with Gasteiger partial charge in [0.15, 0.2) is 11.4 Å². The second-order valence-electron chi connectivity index (χ2n) is 11.2. The summed E-state index contributed by atoms with van der Waals surface area (Å²) in [5.74, 6) is -3.08. The molecule has 0 bridgehead atoms. The first-order valence-electron chi connectivity index (χ1n) is 13.7. The molecule has 1 amide bonds. The molecule has 4 atom stereocenters. The molecule has 0 spiro atoms. The summed E-state index contributed by atoms with van der Waals surface area (Å²) in [6, 6.07) is 7.82. The van der Waals surface area contributed by atoms with Crippen molar-refractivity contribution >= 4 is 5.91 Å². The minimum atomic E-state index is -4.55. The Morgan fingerprint density at radius 3 is 2.52 bits per heavy atom. The number of benzene rings is 2. The van der Waals surface area contributed by atoms with Crippen molar-refractivity contribution in [2.24, 2.45) is 0 Å². The van der Waals surface area contributed by atoms with E-state index < -0.39 is 59.0 Å². The molecule has 2 saturated heterocycles. The van der Waals surface area contributed by atoms with Gasteiger partial charge in [-0.05, 0) is 37.6 Å². The lowest BCUT2D eigenvalue weighted by molar-refractivity contribution is -0.188. The van der Waals surface area contributed by atoms with E-state index in [1.807, 2.05) is 0 Å². The van der Waals surface area contributed by atoms with Crippen LogP contribution in [0.5, 0.6) is 0 Å². The third-order valence-electron chi connectivity index (χ3n) is 7.57. The Hall–Kier alpha value is -2.68. The monoisotopic (exact) mass is 600 g/mol. The highest BCUT2D eigenvalue weighted by Gasteiger charge is 2.58. The van der Waals surface area contributed by atoms with E-state index in [1.165, 1.54) is 18.2 Å². The van der Waals surface area contributed by atoms with Crippen LogP contribution in [0.15, 0.2) is 42.5 Å². The lowest BCUT2D eigenvalue weighted by atomic mass is 9.78. The second-order valence-corrected chi connectivity index (χ2v) is 11.2. The first-order chi connectivity index (χ1) is 19.8.